The van der Waals surface area contributed by atoms with Crippen LogP contribution in [0.2, 0.25) is 0 Å². The second-order valence-electron chi connectivity index (χ2n) is 5.49. The Bertz CT molecular complexity index is 863. The third-order valence-corrected chi connectivity index (χ3v) is 3.86. The number of nitriles is 1. The number of benzene rings is 2. The van der Waals surface area contributed by atoms with Gasteiger partial charge >= 0.3 is 5.97 Å². The van der Waals surface area contributed by atoms with E-state index in [1.54, 1.807) is 42.5 Å². The van der Waals surface area contributed by atoms with Crippen LogP contribution in [-0.4, -0.2) is 35.8 Å². The van der Waals surface area contributed by atoms with E-state index in [1.807, 2.05) is 6.07 Å². The first-order chi connectivity index (χ1) is 12.1. The molecule has 0 saturated heterocycles. The number of amides is 2. The maximum Gasteiger partial charge on any atom is 0.338 e. The van der Waals surface area contributed by atoms with E-state index in [0.29, 0.717) is 28.7 Å². The predicted molar refractivity (Wildman–Crippen MR) is 87.9 cm³/mol. The summed E-state index contributed by atoms with van der Waals surface area (Å²) in [6, 6.07) is 14.8. The van der Waals surface area contributed by atoms with E-state index in [-0.39, 0.29) is 25.0 Å². The molecule has 0 atom stereocenters. The molecule has 0 bridgehead atoms. The summed E-state index contributed by atoms with van der Waals surface area (Å²) in [6.45, 7) is 0.251. The van der Waals surface area contributed by atoms with Gasteiger partial charge in [-0.15, -0.1) is 0 Å². The number of hydrogen-bond donors (Lipinski definition) is 0. The highest BCUT2D eigenvalue weighted by atomic mass is 16.5. The molecule has 0 unspecified atom stereocenters. The van der Waals surface area contributed by atoms with Crippen molar-refractivity contribution in [1.82, 2.24) is 4.90 Å². The van der Waals surface area contributed by atoms with Crippen molar-refractivity contribution >= 4 is 17.8 Å². The van der Waals surface area contributed by atoms with Crippen LogP contribution >= 0.6 is 0 Å². The number of imide groups is 1. The minimum Gasteiger partial charge on any atom is -0.462 e. The Morgan fingerprint density at radius 2 is 1.72 bits per heavy atom. The second kappa shape index (κ2) is 6.97. The topological polar surface area (TPSA) is 87.5 Å². The molecular formula is C19H14N2O4. The van der Waals surface area contributed by atoms with Gasteiger partial charge in [0.2, 0.25) is 0 Å². The quantitative estimate of drug-likeness (QED) is 0.476. The number of ether oxygens (including phenoxy) is 1. The van der Waals surface area contributed by atoms with Crippen LogP contribution in [0.5, 0.6) is 0 Å². The maximum absolute atomic E-state index is 12.2. The number of carbonyl (C=O) groups is 3. The van der Waals surface area contributed by atoms with Gasteiger partial charge in [0.1, 0.15) is 0 Å². The average molecular weight is 334 g/mol. The highest BCUT2D eigenvalue weighted by Gasteiger charge is 2.34. The number of nitrogens with zero attached hydrogens (tertiary/aromatic N) is 2. The van der Waals surface area contributed by atoms with Crippen LogP contribution in [-0.2, 0) is 4.74 Å². The van der Waals surface area contributed by atoms with Crippen molar-refractivity contribution in [3.8, 4) is 6.07 Å². The van der Waals surface area contributed by atoms with Gasteiger partial charge < -0.3 is 4.74 Å². The lowest BCUT2D eigenvalue weighted by molar-refractivity contribution is 0.0482. The maximum atomic E-state index is 12.2. The summed E-state index contributed by atoms with van der Waals surface area (Å²) in [4.78, 5) is 37.5. The Balaban J connectivity index is 1.52. The van der Waals surface area contributed by atoms with Crippen molar-refractivity contribution in [2.75, 3.05) is 13.2 Å². The van der Waals surface area contributed by atoms with Gasteiger partial charge in [-0.2, -0.15) is 5.26 Å². The molecule has 6 nitrogen and oxygen atoms in total. The molecule has 6 heteroatoms. The van der Waals surface area contributed by atoms with E-state index >= 15 is 0 Å². The number of carbonyl (C=O) groups excluding carboxylic acids is 3. The van der Waals surface area contributed by atoms with Gasteiger partial charge in [-0.05, 0) is 36.8 Å². The van der Waals surface area contributed by atoms with Crippen molar-refractivity contribution in [3.05, 3.63) is 70.8 Å². The fraction of sp³-hybridized carbons (Fsp3) is 0.158. The molecule has 0 spiro atoms. The second-order valence-corrected chi connectivity index (χ2v) is 5.49. The molecule has 1 aliphatic rings. The molecule has 1 heterocycles. The number of esters is 1. The lowest BCUT2D eigenvalue weighted by Gasteiger charge is -2.13. The van der Waals surface area contributed by atoms with Crippen LogP contribution < -0.4 is 0 Å². The van der Waals surface area contributed by atoms with Gasteiger partial charge in [0.05, 0.1) is 34.9 Å². The van der Waals surface area contributed by atoms with Gasteiger partial charge in [0, 0.05) is 6.54 Å². The Morgan fingerprint density at radius 3 is 2.36 bits per heavy atom. The summed E-state index contributed by atoms with van der Waals surface area (Å²) in [6.07, 6.45) is 0.342. The molecule has 0 saturated carbocycles. The molecular weight excluding hydrogens is 320 g/mol. The summed E-state index contributed by atoms with van der Waals surface area (Å²) in [5, 5.41) is 8.83. The minimum atomic E-state index is -0.542. The summed E-state index contributed by atoms with van der Waals surface area (Å²) in [5.41, 5.74) is 1.47. The van der Waals surface area contributed by atoms with Gasteiger partial charge in [0.15, 0.2) is 0 Å². The number of hydrogen-bond acceptors (Lipinski definition) is 5. The first-order valence-electron chi connectivity index (χ1n) is 7.74. The van der Waals surface area contributed by atoms with Crippen LogP contribution in [0.1, 0.15) is 43.1 Å². The van der Waals surface area contributed by atoms with Crippen molar-refractivity contribution in [2.45, 2.75) is 6.42 Å². The lowest BCUT2D eigenvalue weighted by atomic mass is 10.1. The van der Waals surface area contributed by atoms with Crippen LogP contribution in [0.25, 0.3) is 0 Å². The van der Waals surface area contributed by atoms with Gasteiger partial charge in [0.25, 0.3) is 11.8 Å². The highest BCUT2D eigenvalue weighted by molar-refractivity contribution is 6.21. The minimum absolute atomic E-state index is 0.0724. The Hall–Kier alpha value is -3.46. The average Bonchev–Trinajstić information content (AvgIpc) is 2.90. The van der Waals surface area contributed by atoms with E-state index < -0.39 is 5.97 Å². The molecule has 124 valence electrons. The van der Waals surface area contributed by atoms with Crippen molar-refractivity contribution in [3.63, 3.8) is 0 Å². The zero-order chi connectivity index (χ0) is 17.8. The molecule has 2 amide bonds. The van der Waals surface area contributed by atoms with Crippen LogP contribution in [0.15, 0.2) is 48.5 Å². The molecule has 0 aliphatic carbocycles. The molecule has 25 heavy (non-hydrogen) atoms. The van der Waals surface area contributed by atoms with Gasteiger partial charge in [-0.3, -0.25) is 14.5 Å². The first-order valence-corrected chi connectivity index (χ1v) is 7.74. The summed E-state index contributed by atoms with van der Waals surface area (Å²) in [5.74, 6) is -1.19. The summed E-state index contributed by atoms with van der Waals surface area (Å²) < 4.78 is 5.14. The van der Waals surface area contributed by atoms with Crippen molar-refractivity contribution in [2.24, 2.45) is 0 Å². The molecule has 0 fully saturated rings. The molecule has 1 aliphatic heterocycles. The zero-order valence-electron chi connectivity index (χ0n) is 13.3. The third-order valence-electron chi connectivity index (χ3n) is 3.86. The van der Waals surface area contributed by atoms with Gasteiger partial charge in [-0.25, -0.2) is 4.79 Å². The number of fused-ring (bicyclic) bond motifs is 1. The molecule has 3 rings (SSSR count). The van der Waals surface area contributed by atoms with Gasteiger partial charge in [-0.1, -0.05) is 18.2 Å². The summed E-state index contributed by atoms with van der Waals surface area (Å²) >= 11 is 0. The third kappa shape index (κ3) is 3.26. The van der Waals surface area contributed by atoms with Crippen LogP contribution in [0.3, 0.4) is 0 Å². The summed E-state index contributed by atoms with van der Waals surface area (Å²) in [7, 11) is 0. The van der Waals surface area contributed by atoms with E-state index in [2.05, 4.69) is 0 Å². The lowest BCUT2D eigenvalue weighted by Crippen LogP contribution is -2.31. The normalized spacial score (nSPS) is 12.7. The predicted octanol–water partition coefficient (Wildman–Crippen LogP) is 2.40. The largest absolute Gasteiger partial charge is 0.462 e. The van der Waals surface area contributed by atoms with E-state index in [9.17, 15) is 14.4 Å². The van der Waals surface area contributed by atoms with Crippen LogP contribution in [0.4, 0.5) is 0 Å². The molecule has 0 aromatic heterocycles. The Morgan fingerprint density at radius 1 is 1.04 bits per heavy atom. The molecule has 2 aromatic carbocycles. The smallest absolute Gasteiger partial charge is 0.338 e. The molecule has 0 radical (unpaired) electrons. The first kappa shape index (κ1) is 16.4. The molecule has 0 N–H and O–H groups in total. The fourth-order valence-electron chi connectivity index (χ4n) is 2.63. The standard InChI is InChI=1S/C19H14N2O4/c20-12-13-5-3-6-14(11-13)19(24)25-10-4-9-21-17(22)15-7-1-2-8-16(15)18(21)23/h1-3,5-8,11H,4,9-10H2. The van der Waals surface area contributed by atoms with E-state index in [1.165, 1.54) is 6.07 Å². The Labute approximate surface area is 144 Å². The van der Waals surface area contributed by atoms with E-state index in [4.69, 9.17) is 10.00 Å². The van der Waals surface area contributed by atoms with Crippen molar-refractivity contribution < 1.29 is 19.1 Å². The highest BCUT2D eigenvalue weighted by Crippen LogP contribution is 2.22. The monoisotopic (exact) mass is 334 g/mol. The van der Waals surface area contributed by atoms with Crippen molar-refractivity contribution in [1.29, 1.82) is 5.26 Å². The zero-order valence-corrected chi connectivity index (χ0v) is 13.3. The number of rotatable bonds is 5. The Kier molecular flexibility index (Phi) is 4.57. The van der Waals surface area contributed by atoms with E-state index in [0.717, 1.165) is 4.90 Å². The fourth-order valence-corrected chi connectivity index (χ4v) is 2.63. The molecule has 2 aromatic rings. The SMILES string of the molecule is N#Cc1cccc(C(=O)OCCCN2C(=O)c3ccccc3C2=O)c1. The van der Waals surface area contributed by atoms with Crippen LogP contribution in [0, 0.1) is 11.3 Å².